The van der Waals surface area contributed by atoms with Gasteiger partial charge in [-0.3, -0.25) is 9.69 Å². The molecule has 5 heteroatoms. The zero-order valence-electron chi connectivity index (χ0n) is 11.7. The average Bonchev–Trinajstić information content (AvgIpc) is 2.97. The van der Waals surface area contributed by atoms with E-state index in [1.54, 1.807) is 0 Å². The Balaban J connectivity index is 1.76. The highest BCUT2D eigenvalue weighted by atomic mass is 16.2. The summed E-state index contributed by atoms with van der Waals surface area (Å²) in [6, 6.07) is -0.189. The van der Waals surface area contributed by atoms with Crippen molar-refractivity contribution in [1.82, 2.24) is 15.1 Å². The van der Waals surface area contributed by atoms with Gasteiger partial charge in [-0.2, -0.15) is 0 Å². The number of urea groups is 1. The molecule has 3 rings (SSSR count). The first-order valence-corrected chi connectivity index (χ1v) is 7.50. The molecule has 2 unspecified atom stereocenters. The lowest BCUT2D eigenvalue weighted by molar-refractivity contribution is -0.135. The monoisotopic (exact) mass is 265 g/mol. The van der Waals surface area contributed by atoms with Crippen LogP contribution in [0.2, 0.25) is 0 Å². The number of carbonyl (C=O) groups excluding carboxylic acids is 2. The van der Waals surface area contributed by atoms with Crippen LogP contribution in [0.5, 0.6) is 0 Å². The minimum Gasteiger partial charge on any atom is -0.323 e. The number of rotatable bonds is 2. The van der Waals surface area contributed by atoms with Crippen LogP contribution in [-0.2, 0) is 4.79 Å². The molecule has 0 bridgehead atoms. The topological polar surface area (TPSA) is 52.7 Å². The largest absolute Gasteiger partial charge is 0.326 e. The summed E-state index contributed by atoms with van der Waals surface area (Å²) in [4.78, 5) is 28.5. The van der Waals surface area contributed by atoms with Crippen LogP contribution in [0.4, 0.5) is 4.79 Å². The van der Waals surface area contributed by atoms with Gasteiger partial charge in [0.1, 0.15) is 5.54 Å². The molecule has 3 fully saturated rings. The van der Waals surface area contributed by atoms with Crippen LogP contribution in [-0.4, -0.2) is 47.0 Å². The summed E-state index contributed by atoms with van der Waals surface area (Å²) in [5.41, 5.74) is -0.602. The molecule has 19 heavy (non-hydrogen) atoms. The zero-order valence-corrected chi connectivity index (χ0v) is 11.7. The normalized spacial score (nSPS) is 36.3. The standard InChI is InChI=1S/C14H23N3O2/c1-11-6-2-3-7-14(11)12(18)17(13(19)15-14)10-16-8-4-5-9-16/h11H,2-10H2,1H3,(H,15,19). The van der Waals surface area contributed by atoms with E-state index in [0.29, 0.717) is 6.67 Å². The maximum absolute atomic E-state index is 12.7. The lowest BCUT2D eigenvalue weighted by atomic mass is 9.73. The van der Waals surface area contributed by atoms with Crippen LogP contribution >= 0.6 is 0 Å². The molecule has 0 aromatic carbocycles. The van der Waals surface area contributed by atoms with E-state index >= 15 is 0 Å². The summed E-state index contributed by atoms with van der Waals surface area (Å²) in [6.45, 7) is 4.56. The molecule has 2 aliphatic heterocycles. The van der Waals surface area contributed by atoms with Crippen LogP contribution in [0.3, 0.4) is 0 Å². The number of amides is 3. The SMILES string of the molecule is CC1CCCCC12NC(=O)N(CN1CCCC1)C2=O. The van der Waals surface area contributed by atoms with E-state index in [1.807, 2.05) is 0 Å². The first-order chi connectivity index (χ1) is 9.13. The number of likely N-dealkylation sites (tertiary alicyclic amines) is 1. The molecule has 1 N–H and O–H groups in total. The molecule has 3 amide bonds. The summed E-state index contributed by atoms with van der Waals surface area (Å²) in [5, 5.41) is 3.00. The van der Waals surface area contributed by atoms with E-state index in [4.69, 9.17) is 0 Å². The lowest BCUT2D eigenvalue weighted by Gasteiger charge is -2.37. The fourth-order valence-corrected chi connectivity index (χ4v) is 3.75. The number of nitrogens with one attached hydrogen (secondary N) is 1. The van der Waals surface area contributed by atoms with Crippen molar-refractivity contribution in [1.29, 1.82) is 0 Å². The van der Waals surface area contributed by atoms with Crippen molar-refractivity contribution >= 4 is 11.9 Å². The molecule has 2 atom stereocenters. The van der Waals surface area contributed by atoms with Crippen molar-refractivity contribution in [2.75, 3.05) is 19.8 Å². The molecule has 5 nitrogen and oxygen atoms in total. The van der Waals surface area contributed by atoms with Gasteiger partial charge >= 0.3 is 6.03 Å². The quantitative estimate of drug-likeness (QED) is 0.771. The molecule has 2 heterocycles. The summed E-state index contributed by atoms with van der Waals surface area (Å²) in [5.74, 6) is 0.262. The minimum atomic E-state index is -0.602. The summed E-state index contributed by atoms with van der Waals surface area (Å²) in [6.07, 6.45) is 6.38. The number of nitrogens with zero attached hydrogens (tertiary/aromatic N) is 2. The molecule has 0 radical (unpaired) electrons. The van der Waals surface area contributed by atoms with Crippen LogP contribution in [0.25, 0.3) is 0 Å². The Bertz CT molecular complexity index is 392. The number of carbonyl (C=O) groups is 2. The maximum Gasteiger partial charge on any atom is 0.326 e. The van der Waals surface area contributed by atoms with Gasteiger partial charge < -0.3 is 5.32 Å². The highest BCUT2D eigenvalue weighted by Gasteiger charge is 2.55. The molecule has 106 valence electrons. The number of hydrogen-bond acceptors (Lipinski definition) is 3. The van der Waals surface area contributed by atoms with Gasteiger partial charge in [-0.1, -0.05) is 19.8 Å². The van der Waals surface area contributed by atoms with Crippen molar-refractivity contribution in [3.8, 4) is 0 Å². The second-order valence-corrected chi connectivity index (χ2v) is 6.25. The van der Waals surface area contributed by atoms with Gasteiger partial charge in [0.2, 0.25) is 0 Å². The Morgan fingerprint density at radius 2 is 1.95 bits per heavy atom. The zero-order chi connectivity index (χ0) is 13.5. The van der Waals surface area contributed by atoms with Gasteiger partial charge in [0.15, 0.2) is 0 Å². The van der Waals surface area contributed by atoms with Gasteiger partial charge in [-0.05, 0) is 44.7 Å². The average molecular weight is 265 g/mol. The van der Waals surface area contributed by atoms with E-state index in [-0.39, 0.29) is 17.9 Å². The van der Waals surface area contributed by atoms with Crippen LogP contribution in [0.1, 0.15) is 45.4 Å². The van der Waals surface area contributed by atoms with Crippen LogP contribution in [0, 0.1) is 5.92 Å². The molecule has 1 aliphatic carbocycles. The molecule has 1 saturated carbocycles. The van der Waals surface area contributed by atoms with E-state index in [9.17, 15) is 9.59 Å². The lowest BCUT2D eigenvalue weighted by Crippen LogP contribution is -2.54. The first kappa shape index (κ1) is 12.9. The Labute approximate surface area is 114 Å². The predicted octanol–water partition coefficient (Wildman–Crippen LogP) is 1.54. The highest BCUT2D eigenvalue weighted by molar-refractivity contribution is 6.07. The molecular formula is C14H23N3O2. The highest BCUT2D eigenvalue weighted by Crippen LogP contribution is 2.38. The smallest absolute Gasteiger partial charge is 0.323 e. The Hall–Kier alpha value is -1.10. The van der Waals surface area contributed by atoms with E-state index in [0.717, 1.165) is 38.8 Å². The Morgan fingerprint density at radius 3 is 2.63 bits per heavy atom. The van der Waals surface area contributed by atoms with E-state index in [2.05, 4.69) is 17.1 Å². The van der Waals surface area contributed by atoms with Crippen molar-refractivity contribution < 1.29 is 9.59 Å². The predicted molar refractivity (Wildman–Crippen MR) is 71.4 cm³/mol. The van der Waals surface area contributed by atoms with Gasteiger partial charge in [-0.25, -0.2) is 9.69 Å². The summed E-state index contributed by atoms with van der Waals surface area (Å²) < 4.78 is 0. The molecule has 1 spiro atoms. The molecule has 0 aromatic rings. The van der Waals surface area contributed by atoms with Crippen LogP contribution in [0.15, 0.2) is 0 Å². The third-order valence-corrected chi connectivity index (χ3v) is 5.04. The van der Waals surface area contributed by atoms with Gasteiger partial charge in [0.25, 0.3) is 5.91 Å². The minimum absolute atomic E-state index is 0.0107. The first-order valence-electron chi connectivity index (χ1n) is 7.50. The van der Waals surface area contributed by atoms with E-state index in [1.165, 1.54) is 17.7 Å². The summed E-state index contributed by atoms with van der Waals surface area (Å²) >= 11 is 0. The fraction of sp³-hybridized carbons (Fsp3) is 0.857. The van der Waals surface area contributed by atoms with Crippen LogP contribution < -0.4 is 5.32 Å². The maximum atomic E-state index is 12.7. The van der Waals surface area contributed by atoms with E-state index < -0.39 is 5.54 Å². The third kappa shape index (κ3) is 2.04. The molecule has 3 aliphatic rings. The second-order valence-electron chi connectivity index (χ2n) is 6.25. The molecule has 2 saturated heterocycles. The van der Waals surface area contributed by atoms with Crippen molar-refractivity contribution in [3.05, 3.63) is 0 Å². The number of hydrogen-bond donors (Lipinski definition) is 1. The Morgan fingerprint density at radius 1 is 1.21 bits per heavy atom. The van der Waals surface area contributed by atoms with Gasteiger partial charge in [0.05, 0.1) is 6.67 Å². The fourth-order valence-electron chi connectivity index (χ4n) is 3.75. The van der Waals surface area contributed by atoms with Gasteiger partial charge in [0, 0.05) is 0 Å². The third-order valence-electron chi connectivity index (χ3n) is 5.04. The second kappa shape index (κ2) is 4.78. The van der Waals surface area contributed by atoms with Crippen molar-refractivity contribution in [2.45, 2.75) is 51.0 Å². The summed E-state index contributed by atoms with van der Waals surface area (Å²) in [7, 11) is 0. The molecule has 0 aromatic heterocycles. The Kier molecular flexibility index (Phi) is 3.25. The molecular weight excluding hydrogens is 242 g/mol. The van der Waals surface area contributed by atoms with Gasteiger partial charge in [-0.15, -0.1) is 0 Å². The number of imide groups is 1. The van der Waals surface area contributed by atoms with Crippen molar-refractivity contribution in [2.24, 2.45) is 5.92 Å². The van der Waals surface area contributed by atoms with Crippen molar-refractivity contribution in [3.63, 3.8) is 0 Å².